The maximum absolute atomic E-state index is 12.4. The molecular weight excluding hydrogens is 292 g/mol. The van der Waals surface area contributed by atoms with Gasteiger partial charge < -0.3 is 9.47 Å². The molecule has 1 amide bonds. The van der Waals surface area contributed by atoms with Gasteiger partial charge in [0.05, 0.1) is 13.1 Å². The summed E-state index contributed by atoms with van der Waals surface area (Å²) in [7, 11) is 1.62. The molecule has 0 bridgehead atoms. The average Bonchev–Trinajstić information content (AvgIpc) is 2.52. The fourth-order valence-electron chi connectivity index (χ4n) is 2.49. The molecule has 5 heteroatoms. The second kappa shape index (κ2) is 7.59. The van der Waals surface area contributed by atoms with Gasteiger partial charge in [-0.2, -0.15) is 0 Å². The Morgan fingerprint density at radius 3 is 2.61 bits per heavy atom. The van der Waals surface area contributed by atoms with Crippen LogP contribution in [0.15, 0.2) is 35.3 Å². The van der Waals surface area contributed by atoms with E-state index in [1.807, 2.05) is 39.0 Å². The van der Waals surface area contributed by atoms with Gasteiger partial charge in [-0.15, -0.1) is 0 Å². The minimum absolute atomic E-state index is 0.250. The lowest BCUT2D eigenvalue weighted by Crippen LogP contribution is -2.49. The molecule has 1 aliphatic heterocycles. The fraction of sp³-hybridized carbons (Fsp3) is 0.556. The number of ether oxygens (including phenoxy) is 2. The van der Waals surface area contributed by atoms with Crippen LogP contribution in [0.4, 0.5) is 4.79 Å². The Kier molecular flexibility index (Phi) is 5.77. The molecule has 2 rings (SSSR count). The van der Waals surface area contributed by atoms with Crippen molar-refractivity contribution in [1.82, 2.24) is 4.90 Å². The maximum Gasteiger partial charge on any atom is 0.412 e. The number of likely N-dealkylation sites (tertiary alicyclic amines) is 1. The minimum Gasteiger partial charge on any atom is -0.444 e. The van der Waals surface area contributed by atoms with Gasteiger partial charge in [-0.25, -0.2) is 4.79 Å². The molecule has 0 spiro atoms. The van der Waals surface area contributed by atoms with Crippen molar-refractivity contribution < 1.29 is 14.3 Å². The fourth-order valence-corrected chi connectivity index (χ4v) is 2.49. The molecule has 0 saturated carbocycles. The van der Waals surface area contributed by atoms with E-state index in [2.05, 4.69) is 17.1 Å². The first-order chi connectivity index (χ1) is 10.9. The number of hydrogen-bond acceptors (Lipinski definition) is 4. The molecule has 0 N–H and O–H groups in total. The molecule has 1 aliphatic rings. The van der Waals surface area contributed by atoms with E-state index in [9.17, 15) is 4.79 Å². The van der Waals surface area contributed by atoms with Crippen LogP contribution in [-0.4, -0.2) is 42.2 Å². The lowest BCUT2D eigenvalue weighted by molar-refractivity contribution is -0.0507. The van der Waals surface area contributed by atoms with Gasteiger partial charge in [-0.1, -0.05) is 30.3 Å². The molecule has 1 fully saturated rings. The number of nitrogens with zero attached hydrogens (tertiary/aromatic N) is 2. The first kappa shape index (κ1) is 17.5. The molecule has 0 aliphatic carbocycles. The van der Waals surface area contributed by atoms with Crippen molar-refractivity contribution in [3.63, 3.8) is 0 Å². The minimum atomic E-state index is -0.520. The summed E-state index contributed by atoms with van der Waals surface area (Å²) in [5.74, 6) is 0. The zero-order chi connectivity index (χ0) is 16.9. The lowest BCUT2D eigenvalue weighted by atomic mass is 10.1. The summed E-state index contributed by atoms with van der Waals surface area (Å²) in [5, 5.41) is 0. The van der Waals surface area contributed by atoms with Crippen LogP contribution in [0.25, 0.3) is 0 Å². The van der Waals surface area contributed by atoms with Crippen molar-refractivity contribution in [3.05, 3.63) is 35.9 Å². The van der Waals surface area contributed by atoms with E-state index in [1.54, 1.807) is 12.0 Å². The second-order valence-electron chi connectivity index (χ2n) is 6.71. The smallest absolute Gasteiger partial charge is 0.412 e. The van der Waals surface area contributed by atoms with Gasteiger partial charge in [0.2, 0.25) is 0 Å². The van der Waals surface area contributed by atoms with Crippen LogP contribution in [-0.2, 0) is 16.0 Å². The highest BCUT2D eigenvalue weighted by atomic mass is 16.6. The zero-order valence-electron chi connectivity index (χ0n) is 14.4. The van der Waals surface area contributed by atoms with Crippen molar-refractivity contribution in [3.8, 4) is 0 Å². The van der Waals surface area contributed by atoms with E-state index >= 15 is 0 Å². The Bertz CT molecular complexity index is 549. The predicted octanol–water partition coefficient (Wildman–Crippen LogP) is 3.63. The van der Waals surface area contributed by atoms with Gasteiger partial charge in [0.1, 0.15) is 11.8 Å². The second-order valence-corrected chi connectivity index (χ2v) is 6.71. The van der Waals surface area contributed by atoms with Gasteiger partial charge in [0, 0.05) is 12.8 Å². The quantitative estimate of drug-likeness (QED) is 0.855. The average molecular weight is 318 g/mol. The van der Waals surface area contributed by atoms with Crippen molar-refractivity contribution in [2.24, 2.45) is 4.99 Å². The summed E-state index contributed by atoms with van der Waals surface area (Å²) in [6.07, 6.45) is 0.977. The number of hydrogen-bond donors (Lipinski definition) is 0. The molecule has 1 aromatic carbocycles. The molecule has 0 aromatic heterocycles. The van der Waals surface area contributed by atoms with E-state index in [0.717, 1.165) is 24.1 Å². The number of piperidine rings is 1. The standard InChI is InChI=1S/C18H26N2O3/c1-18(2,3)23-17(21)20-13-15(10-11-16(20)22-4)19-12-14-8-6-5-7-9-14/h5-9,16H,10-13H2,1-4H3. The summed E-state index contributed by atoms with van der Waals surface area (Å²) >= 11 is 0. The highest BCUT2D eigenvalue weighted by Gasteiger charge is 2.32. The van der Waals surface area contributed by atoms with Crippen LogP contribution >= 0.6 is 0 Å². The van der Waals surface area contributed by atoms with Gasteiger partial charge in [0.25, 0.3) is 0 Å². The molecule has 0 radical (unpaired) electrons. The highest BCUT2D eigenvalue weighted by Crippen LogP contribution is 2.20. The Morgan fingerprint density at radius 2 is 2.00 bits per heavy atom. The summed E-state index contributed by atoms with van der Waals surface area (Å²) in [6, 6.07) is 10.1. The highest BCUT2D eigenvalue weighted by molar-refractivity contribution is 5.90. The number of carbonyl (C=O) groups excluding carboxylic acids is 1. The molecule has 5 nitrogen and oxygen atoms in total. The van der Waals surface area contributed by atoms with Crippen molar-refractivity contribution in [1.29, 1.82) is 0 Å². The zero-order valence-corrected chi connectivity index (χ0v) is 14.4. The molecule has 1 saturated heterocycles. The third-order valence-corrected chi connectivity index (χ3v) is 3.61. The summed E-state index contributed by atoms with van der Waals surface area (Å²) in [5.41, 5.74) is 1.65. The lowest BCUT2D eigenvalue weighted by Gasteiger charge is -2.36. The van der Waals surface area contributed by atoms with Crippen LogP contribution in [0.1, 0.15) is 39.2 Å². The van der Waals surface area contributed by atoms with Crippen LogP contribution in [0.2, 0.25) is 0 Å². The normalized spacial score (nSPS) is 20.6. The Labute approximate surface area is 138 Å². The van der Waals surface area contributed by atoms with Crippen molar-refractivity contribution >= 4 is 11.8 Å². The molecule has 1 aromatic rings. The number of benzene rings is 1. The number of amides is 1. The van der Waals surface area contributed by atoms with E-state index in [1.165, 1.54) is 0 Å². The predicted molar refractivity (Wildman–Crippen MR) is 90.6 cm³/mol. The van der Waals surface area contributed by atoms with Crippen LogP contribution in [0.5, 0.6) is 0 Å². The van der Waals surface area contributed by atoms with Crippen LogP contribution in [0, 0.1) is 0 Å². The molecule has 23 heavy (non-hydrogen) atoms. The largest absolute Gasteiger partial charge is 0.444 e. The third kappa shape index (κ3) is 5.36. The van der Waals surface area contributed by atoms with Crippen molar-refractivity contribution in [2.45, 2.75) is 52.0 Å². The number of carbonyl (C=O) groups is 1. The first-order valence-electron chi connectivity index (χ1n) is 7.97. The van der Waals surface area contributed by atoms with Gasteiger partial charge in [-0.3, -0.25) is 9.89 Å². The van der Waals surface area contributed by atoms with E-state index in [4.69, 9.17) is 9.47 Å². The SMILES string of the molecule is COC1CCC(=NCc2ccccc2)CN1C(=O)OC(C)(C)C. The van der Waals surface area contributed by atoms with E-state index < -0.39 is 5.60 Å². The Balaban J connectivity index is 2.03. The number of methoxy groups -OCH3 is 1. The molecular formula is C18H26N2O3. The van der Waals surface area contributed by atoms with Gasteiger partial charge in [-0.05, 0) is 39.2 Å². The first-order valence-corrected chi connectivity index (χ1v) is 7.97. The summed E-state index contributed by atoms with van der Waals surface area (Å²) in [4.78, 5) is 18.7. The van der Waals surface area contributed by atoms with Gasteiger partial charge >= 0.3 is 6.09 Å². The molecule has 126 valence electrons. The maximum atomic E-state index is 12.4. The van der Waals surface area contributed by atoms with Gasteiger partial charge in [0.15, 0.2) is 0 Å². The molecule has 1 heterocycles. The molecule has 1 unspecified atom stereocenters. The van der Waals surface area contributed by atoms with Crippen LogP contribution < -0.4 is 0 Å². The van der Waals surface area contributed by atoms with E-state index in [-0.39, 0.29) is 12.3 Å². The van der Waals surface area contributed by atoms with Crippen LogP contribution in [0.3, 0.4) is 0 Å². The Hall–Kier alpha value is -1.88. The number of aliphatic imine (C=N–C) groups is 1. The van der Waals surface area contributed by atoms with Crippen molar-refractivity contribution in [2.75, 3.05) is 13.7 Å². The summed E-state index contributed by atoms with van der Waals surface area (Å²) < 4.78 is 10.9. The summed E-state index contributed by atoms with van der Waals surface area (Å²) in [6.45, 7) is 6.68. The third-order valence-electron chi connectivity index (χ3n) is 3.61. The number of rotatable bonds is 3. The molecule has 1 atom stereocenters. The topological polar surface area (TPSA) is 51.1 Å². The monoisotopic (exact) mass is 318 g/mol. The van der Waals surface area contributed by atoms with E-state index in [0.29, 0.717) is 13.1 Å². The Morgan fingerprint density at radius 1 is 1.30 bits per heavy atom.